The number of pyridine rings is 1. The Morgan fingerprint density at radius 1 is 0.941 bits per heavy atom. The smallest absolute Gasteiger partial charge is 0.407 e. The van der Waals surface area contributed by atoms with E-state index in [0.717, 1.165) is 29.7 Å². The molecule has 0 bridgehead atoms. The lowest BCUT2D eigenvalue weighted by molar-refractivity contribution is -0.166. The second-order valence-corrected chi connectivity index (χ2v) is 9.96. The van der Waals surface area contributed by atoms with Gasteiger partial charge in [-0.3, -0.25) is 4.98 Å². The Morgan fingerprint density at radius 3 is 2.12 bits per heavy atom. The van der Waals surface area contributed by atoms with Gasteiger partial charge in [0, 0.05) is 24.0 Å². The molecule has 0 aliphatic rings. The second-order valence-electron chi connectivity index (χ2n) is 9.96. The van der Waals surface area contributed by atoms with Crippen molar-refractivity contribution in [1.82, 2.24) is 10.3 Å². The fourth-order valence-corrected chi connectivity index (χ4v) is 2.87. The van der Waals surface area contributed by atoms with E-state index in [4.69, 9.17) is 14.2 Å². The average molecular weight is 473 g/mol. The molecule has 1 heterocycles. The average Bonchev–Trinajstić information content (AvgIpc) is 2.73. The van der Waals surface area contributed by atoms with Gasteiger partial charge >= 0.3 is 12.1 Å². The Hall–Kier alpha value is -3.13. The molecule has 2 N–H and O–H groups in total. The Labute approximate surface area is 201 Å². The minimum Gasteiger partial charge on any atom is -0.490 e. The first-order valence-electron chi connectivity index (χ1n) is 11.4. The highest BCUT2D eigenvalue weighted by atomic mass is 16.6. The first kappa shape index (κ1) is 27.1. The number of amides is 1. The van der Waals surface area contributed by atoms with E-state index in [1.165, 1.54) is 0 Å². The number of nitrogens with zero attached hydrogens (tertiary/aromatic N) is 1. The molecule has 0 aliphatic carbocycles. The van der Waals surface area contributed by atoms with E-state index < -0.39 is 29.4 Å². The van der Waals surface area contributed by atoms with Crippen molar-refractivity contribution in [3.8, 4) is 16.9 Å². The molecule has 1 aromatic heterocycles. The van der Waals surface area contributed by atoms with Crippen LogP contribution in [0.5, 0.6) is 5.75 Å². The zero-order chi connectivity index (χ0) is 25.4. The van der Waals surface area contributed by atoms with Gasteiger partial charge < -0.3 is 24.6 Å². The van der Waals surface area contributed by atoms with Gasteiger partial charge in [-0.1, -0.05) is 18.2 Å². The molecule has 0 radical (unpaired) electrons. The minimum atomic E-state index is -1.35. The van der Waals surface area contributed by atoms with Crippen molar-refractivity contribution in [1.29, 1.82) is 0 Å². The van der Waals surface area contributed by atoms with Crippen molar-refractivity contribution in [2.45, 2.75) is 71.7 Å². The summed E-state index contributed by atoms with van der Waals surface area (Å²) in [6.45, 7) is 11.0. The lowest BCUT2D eigenvalue weighted by Gasteiger charge is -2.21. The van der Waals surface area contributed by atoms with E-state index in [1.807, 2.05) is 45.0 Å². The number of alkyl carbamates (subject to hydrolysis) is 1. The lowest BCUT2D eigenvalue weighted by Crippen LogP contribution is -2.35. The first-order valence-corrected chi connectivity index (χ1v) is 11.4. The highest BCUT2D eigenvalue weighted by molar-refractivity contribution is 5.75. The van der Waals surface area contributed by atoms with Gasteiger partial charge in [0.25, 0.3) is 0 Å². The van der Waals surface area contributed by atoms with Crippen LogP contribution in [0.2, 0.25) is 0 Å². The van der Waals surface area contributed by atoms with Gasteiger partial charge in [0.15, 0.2) is 6.10 Å². The minimum absolute atomic E-state index is 0.187. The molecule has 0 saturated heterocycles. The number of esters is 1. The predicted octanol–water partition coefficient (Wildman–Crippen LogP) is 4.29. The molecule has 0 unspecified atom stereocenters. The van der Waals surface area contributed by atoms with E-state index in [1.54, 1.807) is 39.1 Å². The number of benzene rings is 1. The van der Waals surface area contributed by atoms with Crippen LogP contribution in [0, 0.1) is 0 Å². The molecule has 186 valence electrons. The normalized spacial score (nSPS) is 12.6. The van der Waals surface area contributed by atoms with Crippen LogP contribution in [0.1, 0.15) is 53.7 Å². The van der Waals surface area contributed by atoms with E-state index in [2.05, 4.69) is 10.3 Å². The topological polar surface area (TPSA) is 107 Å². The summed E-state index contributed by atoms with van der Waals surface area (Å²) < 4.78 is 15.8. The number of hydrogen-bond acceptors (Lipinski definition) is 7. The summed E-state index contributed by atoms with van der Waals surface area (Å²) in [6, 6.07) is 11.3. The number of carbonyl (C=O) groups is 2. The van der Waals surface area contributed by atoms with Crippen LogP contribution in [0.4, 0.5) is 4.79 Å². The zero-order valence-electron chi connectivity index (χ0n) is 20.9. The molecule has 1 aromatic carbocycles. The summed E-state index contributed by atoms with van der Waals surface area (Å²) in [5.41, 5.74) is 1.68. The van der Waals surface area contributed by atoms with Crippen LogP contribution in [-0.2, 0) is 20.7 Å². The number of hydrogen-bond donors (Lipinski definition) is 2. The van der Waals surface area contributed by atoms with Crippen molar-refractivity contribution in [3.63, 3.8) is 0 Å². The number of aryl methyl sites for hydroxylation is 1. The van der Waals surface area contributed by atoms with Gasteiger partial charge in [-0.15, -0.1) is 0 Å². The zero-order valence-corrected chi connectivity index (χ0v) is 20.9. The quantitative estimate of drug-likeness (QED) is 0.414. The highest BCUT2D eigenvalue weighted by Crippen LogP contribution is 2.22. The number of nitrogens with one attached hydrogen (secondary N) is 1. The molecular formula is C26H36N2O6. The third-order valence-corrected chi connectivity index (χ3v) is 4.38. The van der Waals surface area contributed by atoms with E-state index >= 15 is 0 Å². The molecule has 1 amide bonds. The molecule has 2 aromatic rings. The molecule has 0 spiro atoms. The Morgan fingerprint density at radius 2 is 1.56 bits per heavy atom. The summed E-state index contributed by atoms with van der Waals surface area (Å²) >= 11 is 0. The molecule has 2 rings (SSSR count). The van der Waals surface area contributed by atoms with Crippen molar-refractivity contribution < 1.29 is 28.9 Å². The van der Waals surface area contributed by atoms with Crippen molar-refractivity contribution in [2.24, 2.45) is 0 Å². The monoisotopic (exact) mass is 472 g/mol. The summed E-state index contributed by atoms with van der Waals surface area (Å²) in [4.78, 5) is 28.0. The summed E-state index contributed by atoms with van der Waals surface area (Å²) in [5, 5.41) is 12.7. The van der Waals surface area contributed by atoms with Crippen LogP contribution in [-0.4, -0.2) is 52.6 Å². The maximum atomic E-state index is 11.8. The summed E-state index contributed by atoms with van der Waals surface area (Å²) in [7, 11) is 0. The van der Waals surface area contributed by atoms with Gasteiger partial charge in [-0.2, -0.15) is 0 Å². The first-order chi connectivity index (χ1) is 15.8. The standard InChI is InChI=1S/C26H36N2O6/c1-25(2,3)33-23(30)22(29)17-32-21-13-10-18(11-14-21)19-9-12-20(28-16-19)8-7-15-27-24(31)34-26(4,5)6/h9-14,16,22,29H,7-8,15,17H2,1-6H3,(H,27,31)/t22-/m1/s1. The van der Waals surface area contributed by atoms with Crippen LogP contribution in [0.3, 0.4) is 0 Å². The number of rotatable bonds is 9. The number of aliphatic hydroxyl groups excluding tert-OH is 1. The van der Waals surface area contributed by atoms with Crippen LogP contribution in [0.15, 0.2) is 42.6 Å². The predicted molar refractivity (Wildman–Crippen MR) is 130 cm³/mol. The number of aliphatic hydroxyl groups is 1. The maximum Gasteiger partial charge on any atom is 0.407 e. The van der Waals surface area contributed by atoms with Gasteiger partial charge in [-0.05, 0) is 78.1 Å². The van der Waals surface area contributed by atoms with Gasteiger partial charge in [0.05, 0.1) is 0 Å². The van der Waals surface area contributed by atoms with Gasteiger partial charge in [-0.25, -0.2) is 9.59 Å². The Bertz CT molecular complexity index is 928. The van der Waals surface area contributed by atoms with Crippen molar-refractivity contribution >= 4 is 12.1 Å². The van der Waals surface area contributed by atoms with Crippen LogP contribution >= 0.6 is 0 Å². The Kier molecular flexibility index (Phi) is 9.44. The van der Waals surface area contributed by atoms with E-state index in [9.17, 15) is 14.7 Å². The lowest BCUT2D eigenvalue weighted by atomic mass is 10.1. The molecule has 8 heteroatoms. The second kappa shape index (κ2) is 11.8. The molecule has 0 aliphatic heterocycles. The molecule has 0 fully saturated rings. The summed E-state index contributed by atoms with van der Waals surface area (Å²) in [5.74, 6) is -0.177. The van der Waals surface area contributed by atoms with Crippen molar-refractivity contribution in [3.05, 3.63) is 48.3 Å². The number of ether oxygens (including phenoxy) is 3. The number of aromatic nitrogens is 1. The van der Waals surface area contributed by atoms with Gasteiger partial charge in [0.2, 0.25) is 0 Å². The van der Waals surface area contributed by atoms with Crippen LogP contribution < -0.4 is 10.1 Å². The molecule has 8 nitrogen and oxygen atoms in total. The third kappa shape index (κ3) is 10.2. The highest BCUT2D eigenvalue weighted by Gasteiger charge is 2.23. The fraction of sp³-hybridized carbons (Fsp3) is 0.500. The molecule has 0 saturated carbocycles. The van der Waals surface area contributed by atoms with Crippen LogP contribution in [0.25, 0.3) is 11.1 Å². The molecule has 34 heavy (non-hydrogen) atoms. The largest absolute Gasteiger partial charge is 0.490 e. The van der Waals surface area contributed by atoms with Crippen molar-refractivity contribution in [2.75, 3.05) is 13.2 Å². The van der Waals surface area contributed by atoms with E-state index in [-0.39, 0.29) is 6.61 Å². The molecular weight excluding hydrogens is 436 g/mol. The number of carbonyl (C=O) groups excluding carboxylic acids is 2. The third-order valence-electron chi connectivity index (χ3n) is 4.38. The Balaban J connectivity index is 1.79. The summed E-state index contributed by atoms with van der Waals surface area (Å²) in [6.07, 6.45) is 1.53. The molecule has 1 atom stereocenters. The SMILES string of the molecule is CC(C)(C)OC(=O)NCCCc1ccc(-c2ccc(OC[C@@H](O)C(=O)OC(C)(C)C)cc2)cn1. The van der Waals surface area contributed by atoms with E-state index in [0.29, 0.717) is 12.3 Å². The van der Waals surface area contributed by atoms with Gasteiger partial charge in [0.1, 0.15) is 23.6 Å². The fourth-order valence-electron chi connectivity index (χ4n) is 2.87. The maximum absolute atomic E-state index is 11.8.